The van der Waals surface area contributed by atoms with Crippen LogP contribution in [0.4, 0.5) is 0 Å². The maximum absolute atomic E-state index is 12.7. The molecule has 0 saturated carbocycles. The number of hydrogen-bond acceptors (Lipinski definition) is 6. The molecular weight excluding hydrogens is 478 g/mol. The van der Waals surface area contributed by atoms with Gasteiger partial charge in [0, 0.05) is 11.6 Å². The minimum absolute atomic E-state index is 0.231. The summed E-state index contributed by atoms with van der Waals surface area (Å²) in [5, 5.41) is 33.5. The van der Waals surface area contributed by atoms with Crippen molar-refractivity contribution in [2.75, 3.05) is 7.11 Å². The van der Waals surface area contributed by atoms with Crippen molar-refractivity contribution in [1.29, 1.82) is 0 Å². The zero-order valence-corrected chi connectivity index (χ0v) is 21.2. The Morgan fingerprint density at radius 2 is 1.81 bits per heavy atom. The number of nitrogens with one attached hydrogen (secondary N) is 1. The summed E-state index contributed by atoms with van der Waals surface area (Å²) < 4.78 is 6.02. The Morgan fingerprint density at radius 1 is 1.19 bits per heavy atom. The highest BCUT2D eigenvalue weighted by Crippen LogP contribution is 2.19. The van der Waals surface area contributed by atoms with Gasteiger partial charge in [0.05, 0.1) is 6.04 Å². The summed E-state index contributed by atoms with van der Waals surface area (Å²) in [5.74, 6) is -0.971. The highest BCUT2D eigenvalue weighted by molar-refractivity contribution is 9.10. The standard InChI is InChI=1S/C24H36BrNO6/c1-14-7-9-17(25)13-16(14)8-10-18(15(2)27)26-23(31)22(32-6)21(30)20(29)19(28)11-12-24(3,4)5/h7,9,11-13,18-22,28-30H,8,10H2,1-6H3,(H,26,31)/b12-11+/t18-,19+,20-,21+,22+/m0/s1. The lowest BCUT2D eigenvalue weighted by molar-refractivity contribution is -0.150. The molecule has 180 valence electrons. The number of methoxy groups -OCH3 is 1. The molecule has 0 unspecified atom stereocenters. The van der Waals surface area contributed by atoms with Crippen LogP contribution in [0.15, 0.2) is 34.8 Å². The molecule has 0 spiro atoms. The highest BCUT2D eigenvalue weighted by Gasteiger charge is 2.36. The van der Waals surface area contributed by atoms with Crippen LogP contribution in [0.1, 0.15) is 45.2 Å². The molecule has 0 fully saturated rings. The zero-order chi connectivity index (χ0) is 24.6. The summed E-state index contributed by atoms with van der Waals surface area (Å²) in [5.41, 5.74) is 1.89. The molecule has 0 heterocycles. The van der Waals surface area contributed by atoms with Gasteiger partial charge >= 0.3 is 0 Å². The van der Waals surface area contributed by atoms with Crippen LogP contribution in [0.3, 0.4) is 0 Å². The first-order valence-corrected chi connectivity index (χ1v) is 11.4. The van der Waals surface area contributed by atoms with Crippen LogP contribution in [0.5, 0.6) is 0 Å². The van der Waals surface area contributed by atoms with Crippen LogP contribution < -0.4 is 5.32 Å². The number of halogens is 1. The van der Waals surface area contributed by atoms with E-state index in [0.29, 0.717) is 12.8 Å². The molecule has 1 amide bonds. The second-order valence-corrected chi connectivity index (χ2v) is 10.1. The largest absolute Gasteiger partial charge is 0.387 e. The fourth-order valence-corrected chi connectivity index (χ4v) is 3.53. The van der Waals surface area contributed by atoms with E-state index in [1.54, 1.807) is 6.08 Å². The third-order valence-corrected chi connectivity index (χ3v) is 5.63. The highest BCUT2D eigenvalue weighted by atomic mass is 79.9. The van der Waals surface area contributed by atoms with Gasteiger partial charge in [0.25, 0.3) is 5.91 Å². The molecule has 32 heavy (non-hydrogen) atoms. The monoisotopic (exact) mass is 513 g/mol. The topological polar surface area (TPSA) is 116 Å². The van der Waals surface area contributed by atoms with Gasteiger partial charge < -0.3 is 25.4 Å². The van der Waals surface area contributed by atoms with Crippen LogP contribution >= 0.6 is 15.9 Å². The Balaban J connectivity index is 2.85. The number of Topliss-reactive ketones (excluding diaryl/α,β-unsaturated/α-hetero) is 1. The van der Waals surface area contributed by atoms with E-state index in [4.69, 9.17) is 4.74 Å². The minimum Gasteiger partial charge on any atom is -0.387 e. The molecule has 1 aromatic carbocycles. The smallest absolute Gasteiger partial charge is 0.252 e. The van der Waals surface area contributed by atoms with Gasteiger partial charge in [-0.3, -0.25) is 9.59 Å². The lowest BCUT2D eigenvalue weighted by Crippen LogP contribution is -2.54. The van der Waals surface area contributed by atoms with Crippen molar-refractivity contribution in [2.45, 2.75) is 77.9 Å². The number of allylic oxidation sites excluding steroid dienone is 1. The number of ether oxygens (including phenoxy) is 1. The fourth-order valence-electron chi connectivity index (χ4n) is 3.12. The number of carbonyl (C=O) groups excluding carboxylic acids is 2. The molecular formula is C24H36BrNO6. The number of carbonyl (C=O) groups is 2. The van der Waals surface area contributed by atoms with Crippen LogP contribution in [0, 0.1) is 12.3 Å². The number of aliphatic hydroxyl groups is 3. The normalized spacial score (nSPS) is 16.9. The SMILES string of the molecule is CO[C@@H](C(=O)N[C@@H](CCc1cc(Br)ccc1C)C(C)=O)[C@H](O)[C@@H](O)[C@H](O)/C=C/C(C)(C)C. The van der Waals surface area contributed by atoms with Crippen molar-refractivity contribution in [3.05, 3.63) is 46.0 Å². The molecule has 4 N–H and O–H groups in total. The van der Waals surface area contributed by atoms with E-state index in [1.165, 1.54) is 20.1 Å². The average molecular weight is 514 g/mol. The van der Waals surface area contributed by atoms with Crippen molar-refractivity contribution >= 4 is 27.6 Å². The third-order valence-electron chi connectivity index (χ3n) is 5.14. The molecule has 0 radical (unpaired) electrons. The number of ketones is 1. The maximum Gasteiger partial charge on any atom is 0.252 e. The van der Waals surface area contributed by atoms with Gasteiger partial charge in [-0.15, -0.1) is 0 Å². The first-order valence-electron chi connectivity index (χ1n) is 10.6. The summed E-state index contributed by atoms with van der Waals surface area (Å²) >= 11 is 3.43. The van der Waals surface area contributed by atoms with Crippen molar-refractivity contribution in [3.63, 3.8) is 0 Å². The molecule has 0 aliphatic carbocycles. The summed E-state index contributed by atoms with van der Waals surface area (Å²) in [6, 6.07) is 5.09. The van der Waals surface area contributed by atoms with Crippen molar-refractivity contribution in [2.24, 2.45) is 5.41 Å². The lowest BCUT2D eigenvalue weighted by Gasteiger charge is -2.28. The summed E-state index contributed by atoms with van der Waals surface area (Å²) in [7, 11) is 1.21. The fraction of sp³-hybridized carbons (Fsp3) is 0.583. The molecule has 7 nitrogen and oxygen atoms in total. The molecule has 0 aliphatic rings. The van der Waals surface area contributed by atoms with Gasteiger partial charge in [-0.2, -0.15) is 0 Å². The molecule has 0 aromatic heterocycles. The summed E-state index contributed by atoms with van der Waals surface area (Å²) in [6.45, 7) is 9.11. The average Bonchev–Trinajstić information content (AvgIpc) is 2.70. The van der Waals surface area contributed by atoms with Gasteiger partial charge in [-0.25, -0.2) is 0 Å². The Kier molecular flexibility index (Phi) is 11.2. The molecule has 8 heteroatoms. The molecule has 1 aromatic rings. The molecule has 1 rings (SSSR count). The summed E-state index contributed by atoms with van der Waals surface area (Å²) in [4.78, 5) is 24.9. The molecule has 5 atom stereocenters. The van der Waals surface area contributed by atoms with E-state index in [2.05, 4.69) is 21.2 Å². The quantitative estimate of drug-likeness (QED) is 0.337. The Morgan fingerprint density at radius 3 is 2.34 bits per heavy atom. The van der Waals surface area contributed by atoms with Gasteiger partial charge in [-0.1, -0.05) is 54.9 Å². The molecule has 0 saturated heterocycles. The van der Waals surface area contributed by atoms with Crippen LogP contribution in [-0.4, -0.2) is 64.6 Å². The first-order chi connectivity index (χ1) is 14.8. The number of aliphatic hydroxyl groups excluding tert-OH is 3. The molecule has 0 bridgehead atoms. The van der Waals surface area contributed by atoms with Crippen LogP contribution in [0.2, 0.25) is 0 Å². The maximum atomic E-state index is 12.7. The Bertz CT molecular complexity index is 804. The number of aryl methyl sites for hydroxylation is 2. The lowest BCUT2D eigenvalue weighted by atomic mass is 9.94. The van der Waals surface area contributed by atoms with Gasteiger partial charge in [-0.05, 0) is 55.4 Å². The number of rotatable bonds is 11. The number of benzene rings is 1. The third kappa shape index (κ3) is 9.11. The van der Waals surface area contributed by atoms with E-state index in [1.807, 2.05) is 45.9 Å². The second kappa shape index (κ2) is 12.6. The van der Waals surface area contributed by atoms with Crippen molar-refractivity contribution in [3.8, 4) is 0 Å². The molecule has 0 aliphatic heterocycles. The van der Waals surface area contributed by atoms with Gasteiger partial charge in [0.2, 0.25) is 0 Å². The van der Waals surface area contributed by atoms with Gasteiger partial charge in [0.15, 0.2) is 11.9 Å². The number of hydrogen-bond donors (Lipinski definition) is 4. The Hall–Kier alpha value is -1.58. The Labute approximate surface area is 199 Å². The first kappa shape index (κ1) is 28.5. The minimum atomic E-state index is -1.69. The summed E-state index contributed by atoms with van der Waals surface area (Å²) in [6.07, 6.45) is -2.19. The zero-order valence-electron chi connectivity index (χ0n) is 19.6. The van der Waals surface area contributed by atoms with E-state index in [-0.39, 0.29) is 11.2 Å². The second-order valence-electron chi connectivity index (χ2n) is 9.13. The van der Waals surface area contributed by atoms with Crippen molar-refractivity contribution in [1.82, 2.24) is 5.32 Å². The predicted octanol–water partition coefficient (Wildman–Crippen LogP) is 2.46. The van der Waals surface area contributed by atoms with Gasteiger partial charge in [0.1, 0.15) is 18.3 Å². The van der Waals surface area contributed by atoms with Crippen molar-refractivity contribution < 1.29 is 29.6 Å². The van der Waals surface area contributed by atoms with E-state index in [0.717, 1.165) is 15.6 Å². The van der Waals surface area contributed by atoms with Crippen LogP contribution in [-0.2, 0) is 20.7 Å². The number of amides is 1. The van der Waals surface area contributed by atoms with E-state index in [9.17, 15) is 24.9 Å². The van der Waals surface area contributed by atoms with E-state index >= 15 is 0 Å². The van der Waals surface area contributed by atoms with Crippen LogP contribution in [0.25, 0.3) is 0 Å². The predicted molar refractivity (Wildman–Crippen MR) is 127 cm³/mol. The van der Waals surface area contributed by atoms with E-state index < -0.39 is 36.4 Å².